The summed E-state index contributed by atoms with van der Waals surface area (Å²) in [6, 6.07) is 11.3. The molecule has 0 aliphatic carbocycles. The Balaban J connectivity index is 1.88. The van der Waals surface area contributed by atoms with Crippen LogP contribution in [0.5, 0.6) is 0 Å². The first-order chi connectivity index (χ1) is 15.1. The first-order valence-corrected chi connectivity index (χ1v) is 9.74. The molecule has 0 unspecified atom stereocenters. The molecule has 1 aliphatic heterocycles. The molecule has 2 aromatic heterocycles. The Labute approximate surface area is 177 Å². The van der Waals surface area contributed by atoms with Crippen molar-refractivity contribution in [3.8, 4) is 22.4 Å². The third-order valence-electron chi connectivity index (χ3n) is 5.28. The second-order valence-corrected chi connectivity index (χ2v) is 7.16. The number of nitrogens with two attached hydrogens (primary N) is 1. The molecule has 4 aromatic rings. The number of fused-ring (bicyclic) bond motifs is 1. The minimum Gasteiger partial charge on any atom is -0.396 e. The smallest absolute Gasteiger partial charge is 0.147 e. The number of anilines is 1. The van der Waals surface area contributed by atoms with Crippen LogP contribution in [0.25, 0.3) is 39.0 Å². The van der Waals surface area contributed by atoms with Crippen LogP contribution in [0.15, 0.2) is 85.4 Å². The monoisotopic (exact) mass is 412 g/mol. The number of halogens is 2. The van der Waals surface area contributed by atoms with E-state index in [9.17, 15) is 4.39 Å². The summed E-state index contributed by atoms with van der Waals surface area (Å²) in [4.78, 5) is 7.53. The zero-order valence-corrected chi connectivity index (χ0v) is 16.4. The second-order valence-electron chi connectivity index (χ2n) is 7.16. The van der Waals surface area contributed by atoms with Crippen LogP contribution in [-0.2, 0) is 0 Å². The minimum atomic E-state index is -0.512. The van der Waals surface area contributed by atoms with E-state index < -0.39 is 5.82 Å². The van der Waals surface area contributed by atoms with Gasteiger partial charge in [-0.15, -0.1) is 0 Å². The Morgan fingerprint density at radius 1 is 0.839 bits per heavy atom. The van der Waals surface area contributed by atoms with Crippen molar-refractivity contribution >= 4 is 22.3 Å². The highest BCUT2D eigenvalue weighted by molar-refractivity contribution is 6.09. The Morgan fingerprint density at radius 3 is 2.39 bits per heavy atom. The molecule has 152 valence electrons. The van der Waals surface area contributed by atoms with E-state index in [-0.39, 0.29) is 11.5 Å². The molecule has 0 amide bonds. The molecule has 6 heteroatoms. The van der Waals surface area contributed by atoms with Crippen molar-refractivity contribution in [1.82, 2.24) is 15.3 Å². The summed E-state index contributed by atoms with van der Waals surface area (Å²) < 4.78 is 28.6. The maximum absolute atomic E-state index is 15.0. The number of nitrogens with one attached hydrogen (secondary N) is 2. The van der Waals surface area contributed by atoms with Gasteiger partial charge in [-0.05, 0) is 65.7 Å². The van der Waals surface area contributed by atoms with Crippen molar-refractivity contribution < 1.29 is 8.78 Å². The van der Waals surface area contributed by atoms with Crippen LogP contribution >= 0.6 is 0 Å². The molecule has 1 aliphatic rings. The summed E-state index contributed by atoms with van der Waals surface area (Å²) >= 11 is 0. The molecule has 4 nitrogen and oxygen atoms in total. The van der Waals surface area contributed by atoms with E-state index in [0.29, 0.717) is 22.2 Å². The minimum absolute atomic E-state index is 0.0446. The fourth-order valence-corrected chi connectivity index (χ4v) is 3.86. The Hall–Kier alpha value is -4.19. The number of allylic oxidation sites excluding steroid dienone is 4. The van der Waals surface area contributed by atoms with Crippen molar-refractivity contribution in [2.75, 3.05) is 5.73 Å². The number of benzene rings is 2. The number of aromatic amines is 1. The van der Waals surface area contributed by atoms with Crippen LogP contribution in [-0.4, -0.2) is 9.97 Å². The second kappa shape index (κ2) is 7.57. The first-order valence-electron chi connectivity index (χ1n) is 9.74. The number of hydrogen-bond acceptors (Lipinski definition) is 3. The molecule has 5 rings (SSSR count). The summed E-state index contributed by atoms with van der Waals surface area (Å²) in [5.41, 5.74) is 11.3. The molecule has 4 N–H and O–H groups in total. The van der Waals surface area contributed by atoms with E-state index >= 15 is 4.39 Å². The van der Waals surface area contributed by atoms with Gasteiger partial charge in [-0.1, -0.05) is 12.2 Å². The molecule has 0 spiro atoms. The van der Waals surface area contributed by atoms with Crippen molar-refractivity contribution in [1.29, 1.82) is 0 Å². The van der Waals surface area contributed by atoms with Crippen molar-refractivity contribution in [3.63, 3.8) is 0 Å². The predicted molar refractivity (Wildman–Crippen MR) is 121 cm³/mol. The molecule has 2 aromatic carbocycles. The maximum atomic E-state index is 15.0. The quantitative estimate of drug-likeness (QED) is 0.374. The van der Waals surface area contributed by atoms with Gasteiger partial charge in [0.25, 0.3) is 0 Å². The third kappa shape index (κ3) is 3.28. The summed E-state index contributed by atoms with van der Waals surface area (Å²) in [5, 5.41) is 3.84. The Bertz CT molecular complexity index is 1360. The average Bonchev–Trinajstić information content (AvgIpc) is 2.96. The van der Waals surface area contributed by atoms with E-state index in [0.717, 1.165) is 22.4 Å². The highest BCUT2D eigenvalue weighted by Crippen LogP contribution is 2.42. The van der Waals surface area contributed by atoms with Crippen molar-refractivity contribution in [2.45, 2.75) is 0 Å². The van der Waals surface area contributed by atoms with Gasteiger partial charge >= 0.3 is 0 Å². The SMILES string of the molecule is Nc1c(F)cc2c(-c3ccncc3)c(-c3ccc(F)cc3)[nH]c2c1C1=CC=CC=CN1. The van der Waals surface area contributed by atoms with E-state index in [1.807, 2.05) is 36.4 Å². The number of aromatic nitrogens is 2. The lowest BCUT2D eigenvalue weighted by Gasteiger charge is -2.12. The number of pyridine rings is 1. The Kier molecular flexibility index (Phi) is 4.59. The molecule has 0 fully saturated rings. The summed E-state index contributed by atoms with van der Waals surface area (Å²) in [7, 11) is 0. The molecule has 0 bridgehead atoms. The number of H-pyrrole nitrogens is 1. The van der Waals surface area contributed by atoms with Crippen LogP contribution in [0.2, 0.25) is 0 Å². The largest absolute Gasteiger partial charge is 0.396 e. The molecular weight excluding hydrogens is 394 g/mol. The standard InChI is InChI=1S/C25H18F2N4/c26-17-7-5-16(6-8-17)24-21(15-9-12-29-13-10-15)18-14-19(27)23(28)22(25(18)31-24)20-4-2-1-3-11-30-20/h1-14,30-31H,28H2. The van der Waals surface area contributed by atoms with Crippen LogP contribution in [0.3, 0.4) is 0 Å². The number of nitrogens with zero attached hydrogens (tertiary/aromatic N) is 1. The molecular formula is C25H18F2N4. The topological polar surface area (TPSA) is 66.7 Å². The third-order valence-corrected chi connectivity index (χ3v) is 5.28. The zero-order chi connectivity index (χ0) is 21.4. The number of nitrogen functional groups attached to an aromatic ring is 1. The summed E-state index contributed by atoms with van der Waals surface area (Å²) in [6.07, 6.45) is 12.5. The molecule has 0 saturated carbocycles. The van der Waals surface area contributed by atoms with Crippen LogP contribution in [0.4, 0.5) is 14.5 Å². The molecule has 0 radical (unpaired) electrons. The molecule has 0 saturated heterocycles. The predicted octanol–water partition coefficient (Wildman–Crippen LogP) is 5.77. The first kappa shape index (κ1) is 18.8. The van der Waals surface area contributed by atoms with E-state index in [1.165, 1.54) is 18.2 Å². The highest BCUT2D eigenvalue weighted by Gasteiger charge is 2.22. The fourth-order valence-electron chi connectivity index (χ4n) is 3.86. The van der Waals surface area contributed by atoms with E-state index in [1.54, 1.807) is 30.7 Å². The van der Waals surface area contributed by atoms with Gasteiger partial charge in [0.2, 0.25) is 0 Å². The fraction of sp³-hybridized carbons (Fsp3) is 0. The Morgan fingerprint density at radius 2 is 1.61 bits per heavy atom. The lowest BCUT2D eigenvalue weighted by Crippen LogP contribution is -2.08. The van der Waals surface area contributed by atoms with Gasteiger partial charge in [0.1, 0.15) is 11.6 Å². The average molecular weight is 412 g/mol. The van der Waals surface area contributed by atoms with Gasteiger partial charge in [0.05, 0.1) is 16.9 Å². The van der Waals surface area contributed by atoms with Gasteiger partial charge < -0.3 is 16.0 Å². The van der Waals surface area contributed by atoms with Crippen LogP contribution < -0.4 is 11.1 Å². The highest BCUT2D eigenvalue weighted by atomic mass is 19.1. The maximum Gasteiger partial charge on any atom is 0.147 e. The summed E-state index contributed by atoms with van der Waals surface area (Å²) in [6.45, 7) is 0. The number of hydrogen-bond donors (Lipinski definition) is 3. The lowest BCUT2D eigenvalue weighted by molar-refractivity contribution is 0.628. The molecule has 31 heavy (non-hydrogen) atoms. The summed E-state index contributed by atoms with van der Waals surface area (Å²) in [5.74, 6) is -0.838. The van der Waals surface area contributed by atoms with Crippen molar-refractivity contribution in [2.24, 2.45) is 0 Å². The number of rotatable bonds is 3. The van der Waals surface area contributed by atoms with Gasteiger partial charge in [0.15, 0.2) is 0 Å². The van der Waals surface area contributed by atoms with E-state index in [4.69, 9.17) is 5.73 Å². The van der Waals surface area contributed by atoms with Gasteiger partial charge in [-0.25, -0.2) is 8.78 Å². The van der Waals surface area contributed by atoms with Crippen LogP contribution in [0.1, 0.15) is 5.56 Å². The molecule has 0 atom stereocenters. The van der Waals surface area contributed by atoms with Gasteiger partial charge in [-0.3, -0.25) is 4.98 Å². The lowest BCUT2D eigenvalue weighted by atomic mass is 9.97. The van der Waals surface area contributed by atoms with Crippen LogP contribution in [0, 0.1) is 11.6 Å². The van der Waals surface area contributed by atoms with Crippen molar-refractivity contribution in [3.05, 3.63) is 103 Å². The van der Waals surface area contributed by atoms with Gasteiger partial charge in [-0.2, -0.15) is 0 Å². The van der Waals surface area contributed by atoms with Gasteiger partial charge in [0, 0.05) is 40.8 Å². The zero-order valence-electron chi connectivity index (χ0n) is 16.4. The normalized spacial score (nSPS) is 13.2. The van der Waals surface area contributed by atoms with E-state index in [2.05, 4.69) is 15.3 Å². The molecule has 3 heterocycles.